The van der Waals surface area contributed by atoms with E-state index >= 15 is 0 Å². The van der Waals surface area contributed by atoms with Crippen molar-refractivity contribution in [2.45, 2.75) is 45.1 Å². The van der Waals surface area contributed by atoms with Crippen molar-refractivity contribution in [2.24, 2.45) is 23.2 Å². The molecule has 1 aliphatic heterocycles. The summed E-state index contributed by atoms with van der Waals surface area (Å²) in [6.45, 7) is 3.68. The van der Waals surface area contributed by atoms with Crippen molar-refractivity contribution in [1.29, 1.82) is 0 Å². The van der Waals surface area contributed by atoms with Gasteiger partial charge in [-0.1, -0.05) is 30.4 Å². The Bertz CT molecular complexity index is 1010. The van der Waals surface area contributed by atoms with Crippen molar-refractivity contribution in [3.8, 4) is 0 Å². The topological polar surface area (TPSA) is 58.1 Å². The summed E-state index contributed by atoms with van der Waals surface area (Å²) in [4.78, 5) is 24.7. The van der Waals surface area contributed by atoms with Crippen LogP contribution >= 0.6 is 0 Å². The van der Waals surface area contributed by atoms with Gasteiger partial charge < -0.3 is 10.2 Å². The number of anilines is 1. The molecule has 150 valence electrons. The van der Waals surface area contributed by atoms with Crippen molar-refractivity contribution >= 4 is 22.8 Å². The van der Waals surface area contributed by atoms with Crippen LogP contribution < -0.4 is 10.2 Å². The molecule has 2 heterocycles. The lowest BCUT2D eigenvalue weighted by atomic mass is 9.89. The van der Waals surface area contributed by atoms with E-state index in [1.54, 1.807) is 0 Å². The van der Waals surface area contributed by atoms with Gasteiger partial charge in [-0.25, -0.2) is 9.97 Å². The van der Waals surface area contributed by atoms with Gasteiger partial charge in [0.25, 0.3) is 0 Å². The van der Waals surface area contributed by atoms with E-state index in [1.807, 2.05) is 25.1 Å². The average Bonchev–Trinajstić information content (AvgIpc) is 3.13. The second-order valence-electron chi connectivity index (χ2n) is 9.47. The molecule has 5 nitrogen and oxygen atoms in total. The van der Waals surface area contributed by atoms with Crippen molar-refractivity contribution in [1.82, 2.24) is 15.3 Å². The number of carbonyl (C=O) groups excluding carboxylic acids is 1. The van der Waals surface area contributed by atoms with Crippen LogP contribution in [0.4, 0.5) is 5.95 Å². The van der Waals surface area contributed by atoms with Crippen LogP contribution in [0.2, 0.25) is 0 Å². The van der Waals surface area contributed by atoms with Gasteiger partial charge in [-0.3, -0.25) is 4.79 Å². The minimum Gasteiger partial charge on any atom is -0.354 e. The summed E-state index contributed by atoms with van der Waals surface area (Å²) in [5.74, 6) is 2.92. The quantitative estimate of drug-likeness (QED) is 0.813. The molecule has 6 rings (SSSR count). The molecule has 4 aliphatic rings. The Morgan fingerprint density at radius 2 is 2.10 bits per heavy atom. The number of hydrogen-bond donors (Lipinski definition) is 1. The number of aryl methyl sites for hydroxylation is 1. The molecule has 2 bridgehead atoms. The summed E-state index contributed by atoms with van der Waals surface area (Å²) in [5.41, 5.74) is 2.51. The monoisotopic (exact) mass is 388 g/mol. The molecule has 1 spiro atoms. The molecule has 1 N–H and O–H groups in total. The third-order valence-electron chi connectivity index (χ3n) is 7.98. The Labute approximate surface area is 171 Å². The van der Waals surface area contributed by atoms with Crippen LogP contribution in [0, 0.1) is 30.1 Å². The van der Waals surface area contributed by atoms with Crippen LogP contribution in [0.25, 0.3) is 10.9 Å². The molecule has 0 unspecified atom stereocenters. The molecule has 3 fully saturated rings. The predicted molar refractivity (Wildman–Crippen MR) is 114 cm³/mol. The summed E-state index contributed by atoms with van der Waals surface area (Å²) in [7, 11) is 0. The maximum absolute atomic E-state index is 13.1. The number of hydrogen-bond acceptors (Lipinski definition) is 4. The second-order valence-corrected chi connectivity index (χ2v) is 9.47. The highest BCUT2D eigenvalue weighted by Crippen LogP contribution is 2.69. The number of rotatable bonds is 4. The highest BCUT2D eigenvalue weighted by Gasteiger charge is 2.62. The van der Waals surface area contributed by atoms with Crippen LogP contribution in [0.1, 0.15) is 37.8 Å². The first-order valence-electron chi connectivity index (χ1n) is 11.1. The van der Waals surface area contributed by atoms with Gasteiger partial charge in [0.05, 0.1) is 11.2 Å². The van der Waals surface area contributed by atoms with Crippen LogP contribution in [0.15, 0.2) is 36.4 Å². The largest absolute Gasteiger partial charge is 0.354 e. The van der Waals surface area contributed by atoms with Crippen molar-refractivity contribution < 1.29 is 4.79 Å². The maximum Gasteiger partial charge on any atom is 0.242 e. The van der Waals surface area contributed by atoms with Gasteiger partial charge in [-0.15, -0.1) is 0 Å². The normalized spacial score (nSPS) is 31.1. The molecule has 5 heteroatoms. The van der Waals surface area contributed by atoms with E-state index in [4.69, 9.17) is 9.97 Å². The zero-order valence-corrected chi connectivity index (χ0v) is 17.0. The Morgan fingerprint density at radius 1 is 1.24 bits per heavy atom. The van der Waals surface area contributed by atoms with Gasteiger partial charge in [0.15, 0.2) is 0 Å². The SMILES string of the molecule is Cc1nc(N2CCC[C@@H]2C(=O)NC[C@@H]2C[C@H]3C=C[C@H]2C32CC2)nc2ccccc12. The van der Waals surface area contributed by atoms with E-state index in [9.17, 15) is 4.79 Å². The summed E-state index contributed by atoms with van der Waals surface area (Å²) in [5, 5.41) is 4.38. The Morgan fingerprint density at radius 3 is 2.93 bits per heavy atom. The third-order valence-corrected chi connectivity index (χ3v) is 7.98. The highest BCUT2D eigenvalue weighted by molar-refractivity contribution is 5.86. The lowest BCUT2D eigenvalue weighted by molar-refractivity contribution is -0.122. The van der Waals surface area contributed by atoms with E-state index < -0.39 is 0 Å². The molecule has 3 aliphatic carbocycles. The van der Waals surface area contributed by atoms with Crippen molar-refractivity contribution in [2.75, 3.05) is 18.0 Å². The van der Waals surface area contributed by atoms with E-state index in [0.29, 0.717) is 23.2 Å². The first-order valence-corrected chi connectivity index (χ1v) is 11.1. The number of carbonyl (C=O) groups is 1. The van der Waals surface area contributed by atoms with Gasteiger partial charge in [-0.05, 0) is 68.3 Å². The number of aromatic nitrogens is 2. The molecule has 4 atom stereocenters. The third kappa shape index (κ3) is 2.62. The number of para-hydroxylation sites is 1. The number of benzene rings is 1. The average molecular weight is 389 g/mol. The molecule has 2 aromatic rings. The minimum absolute atomic E-state index is 0.147. The Kier molecular flexibility index (Phi) is 3.78. The predicted octanol–water partition coefficient (Wildman–Crippen LogP) is 3.63. The molecular formula is C24H28N4O. The van der Waals surface area contributed by atoms with E-state index in [0.717, 1.165) is 48.4 Å². The second kappa shape index (κ2) is 6.28. The molecule has 0 radical (unpaired) electrons. The summed E-state index contributed by atoms with van der Waals surface area (Å²) in [6, 6.07) is 7.94. The molecule has 1 aromatic carbocycles. The Hall–Kier alpha value is -2.43. The number of nitrogens with one attached hydrogen (secondary N) is 1. The van der Waals surface area contributed by atoms with Crippen LogP contribution in [0.5, 0.6) is 0 Å². The highest BCUT2D eigenvalue weighted by atomic mass is 16.2. The standard InChI is InChI=1S/C24H28N4O/c1-15-18-5-2-3-6-20(18)27-23(26-15)28-12-4-7-21(28)22(29)25-14-16-13-17-8-9-19(16)24(17)10-11-24/h2-3,5-6,8-9,16-17,19,21H,4,7,10-14H2,1H3,(H,25,29)/t16-,17+,19+,21+/m0/s1. The zero-order valence-electron chi connectivity index (χ0n) is 17.0. The van der Waals surface area contributed by atoms with Crippen molar-refractivity contribution in [3.63, 3.8) is 0 Å². The lowest BCUT2D eigenvalue weighted by Gasteiger charge is -2.26. The number of fused-ring (bicyclic) bond motifs is 1. The van der Waals surface area contributed by atoms with E-state index in [2.05, 4.69) is 28.4 Å². The fourth-order valence-corrected chi connectivity index (χ4v) is 6.33. The first-order chi connectivity index (χ1) is 14.2. The van der Waals surface area contributed by atoms with Gasteiger partial charge in [0, 0.05) is 18.5 Å². The number of amides is 1. The van der Waals surface area contributed by atoms with E-state index in [-0.39, 0.29) is 11.9 Å². The van der Waals surface area contributed by atoms with Gasteiger partial charge >= 0.3 is 0 Å². The van der Waals surface area contributed by atoms with Crippen molar-refractivity contribution in [3.05, 3.63) is 42.1 Å². The molecule has 1 saturated heterocycles. The number of nitrogens with zero attached hydrogens (tertiary/aromatic N) is 3. The zero-order chi connectivity index (χ0) is 19.6. The van der Waals surface area contributed by atoms with Crippen LogP contribution in [0.3, 0.4) is 0 Å². The fourth-order valence-electron chi connectivity index (χ4n) is 6.33. The van der Waals surface area contributed by atoms with Gasteiger partial charge in [-0.2, -0.15) is 0 Å². The maximum atomic E-state index is 13.1. The minimum atomic E-state index is -0.153. The van der Waals surface area contributed by atoms with Crippen LogP contribution in [-0.2, 0) is 4.79 Å². The summed E-state index contributed by atoms with van der Waals surface area (Å²) >= 11 is 0. The van der Waals surface area contributed by atoms with E-state index in [1.165, 1.54) is 19.3 Å². The summed E-state index contributed by atoms with van der Waals surface area (Å²) < 4.78 is 0. The molecular weight excluding hydrogens is 360 g/mol. The van der Waals surface area contributed by atoms with Gasteiger partial charge in [0.2, 0.25) is 11.9 Å². The molecule has 29 heavy (non-hydrogen) atoms. The smallest absolute Gasteiger partial charge is 0.242 e. The lowest BCUT2D eigenvalue weighted by Crippen LogP contribution is -2.45. The van der Waals surface area contributed by atoms with Gasteiger partial charge in [0.1, 0.15) is 6.04 Å². The molecule has 1 amide bonds. The molecule has 2 saturated carbocycles. The van der Waals surface area contributed by atoms with Crippen LogP contribution in [-0.4, -0.2) is 35.0 Å². The summed E-state index contributed by atoms with van der Waals surface area (Å²) in [6.07, 6.45) is 10.8. The first kappa shape index (κ1) is 17.4. The fraction of sp³-hybridized carbons (Fsp3) is 0.542. The Balaban J connectivity index is 1.17. The number of allylic oxidation sites excluding steroid dienone is 2. The molecule has 1 aromatic heterocycles.